The van der Waals surface area contributed by atoms with Gasteiger partial charge in [-0.15, -0.1) is 0 Å². The monoisotopic (exact) mass is 505 g/mol. The summed E-state index contributed by atoms with van der Waals surface area (Å²) in [6, 6.07) is 11.5. The van der Waals surface area contributed by atoms with Crippen molar-refractivity contribution in [2.75, 3.05) is 19.8 Å². The minimum atomic E-state index is -0.352. The molecule has 1 unspecified atom stereocenters. The van der Waals surface area contributed by atoms with Crippen LogP contribution < -0.4 is 4.74 Å². The first-order chi connectivity index (χ1) is 17.8. The standard InChI is InChI=1S/C30H39N3O4/c1-6-7-8-14-37-23-12-9-11-22(18-23)28-25-26(24-17-20(4)16-21(5)29(24)34)31-32-27(25)30(35)33(28)13-10-15-36-19(2)3/h9,11-12,16-19,28,34H,6-8,10,13-15H2,1-5H3,(H,31,32). The zero-order valence-corrected chi connectivity index (χ0v) is 22.6. The highest BCUT2D eigenvalue weighted by Crippen LogP contribution is 2.45. The third-order valence-corrected chi connectivity index (χ3v) is 6.75. The third-order valence-electron chi connectivity index (χ3n) is 6.75. The van der Waals surface area contributed by atoms with E-state index in [1.165, 1.54) is 0 Å². The molecule has 1 amide bonds. The number of carbonyl (C=O) groups excluding carboxylic acids is 1. The molecule has 0 fully saturated rings. The van der Waals surface area contributed by atoms with Gasteiger partial charge in [0.05, 0.1) is 18.8 Å². The second kappa shape index (κ2) is 11.8. The van der Waals surface area contributed by atoms with Crippen LogP contribution in [0.15, 0.2) is 36.4 Å². The van der Waals surface area contributed by atoms with E-state index in [0.717, 1.165) is 53.7 Å². The highest BCUT2D eigenvalue weighted by molar-refractivity contribution is 6.00. The van der Waals surface area contributed by atoms with Crippen molar-refractivity contribution in [2.45, 2.75) is 72.4 Å². The average Bonchev–Trinajstić information content (AvgIpc) is 3.40. The summed E-state index contributed by atoms with van der Waals surface area (Å²) < 4.78 is 11.8. The minimum Gasteiger partial charge on any atom is -0.507 e. The van der Waals surface area contributed by atoms with Crippen molar-refractivity contribution in [1.29, 1.82) is 0 Å². The van der Waals surface area contributed by atoms with E-state index in [4.69, 9.17) is 9.47 Å². The van der Waals surface area contributed by atoms with Gasteiger partial charge in [0.1, 0.15) is 22.9 Å². The van der Waals surface area contributed by atoms with Crippen LogP contribution in [-0.2, 0) is 4.74 Å². The van der Waals surface area contributed by atoms with Gasteiger partial charge in [-0.2, -0.15) is 5.10 Å². The smallest absolute Gasteiger partial charge is 0.273 e. The second-order valence-corrected chi connectivity index (χ2v) is 10.1. The van der Waals surface area contributed by atoms with E-state index in [9.17, 15) is 9.90 Å². The van der Waals surface area contributed by atoms with Crippen molar-refractivity contribution >= 4 is 5.91 Å². The Hall–Kier alpha value is -3.32. The lowest BCUT2D eigenvalue weighted by molar-refractivity contribution is 0.0601. The molecule has 0 bridgehead atoms. The van der Waals surface area contributed by atoms with Crippen molar-refractivity contribution in [3.05, 3.63) is 64.3 Å². The molecule has 37 heavy (non-hydrogen) atoms. The number of nitrogens with zero attached hydrogens (tertiary/aromatic N) is 2. The molecule has 198 valence electrons. The number of carbonyl (C=O) groups is 1. The number of phenols is 1. The largest absolute Gasteiger partial charge is 0.507 e. The van der Waals surface area contributed by atoms with Crippen LogP contribution in [0.3, 0.4) is 0 Å². The number of nitrogens with one attached hydrogen (secondary N) is 1. The lowest BCUT2D eigenvalue weighted by atomic mass is 9.94. The Labute approximate surface area is 219 Å². The Morgan fingerprint density at radius 1 is 1.11 bits per heavy atom. The zero-order chi connectivity index (χ0) is 26.5. The fourth-order valence-corrected chi connectivity index (χ4v) is 4.99. The molecular weight excluding hydrogens is 466 g/mol. The zero-order valence-electron chi connectivity index (χ0n) is 22.6. The fourth-order valence-electron chi connectivity index (χ4n) is 4.99. The minimum absolute atomic E-state index is 0.0959. The first kappa shape index (κ1) is 26.7. The van der Waals surface area contributed by atoms with Crippen LogP contribution >= 0.6 is 0 Å². The van der Waals surface area contributed by atoms with E-state index in [-0.39, 0.29) is 23.8 Å². The molecule has 0 radical (unpaired) electrons. The van der Waals surface area contributed by atoms with Gasteiger partial charge in [-0.1, -0.05) is 38.0 Å². The number of aromatic nitrogens is 2. The number of fused-ring (bicyclic) bond motifs is 1. The lowest BCUT2D eigenvalue weighted by Crippen LogP contribution is -2.31. The van der Waals surface area contributed by atoms with E-state index in [2.05, 4.69) is 17.1 Å². The summed E-state index contributed by atoms with van der Waals surface area (Å²) in [5, 5.41) is 18.5. The van der Waals surface area contributed by atoms with Crippen molar-refractivity contribution in [3.8, 4) is 22.8 Å². The second-order valence-electron chi connectivity index (χ2n) is 10.1. The summed E-state index contributed by atoms with van der Waals surface area (Å²) in [5.41, 5.74) is 5.25. The highest BCUT2D eigenvalue weighted by Gasteiger charge is 2.42. The van der Waals surface area contributed by atoms with E-state index in [1.54, 1.807) is 0 Å². The molecule has 4 rings (SSSR count). The Bertz CT molecular complexity index is 1230. The quantitative estimate of drug-likeness (QED) is 0.281. The number of hydrogen-bond donors (Lipinski definition) is 2. The number of phenolic OH excluding ortho intramolecular Hbond substituents is 1. The van der Waals surface area contributed by atoms with Gasteiger partial charge in [0.15, 0.2) is 0 Å². The van der Waals surface area contributed by atoms with Crippen molar-refractivity contribution in [2.24, 2.45) is 0 Å². The van der Waals surface area contributed by atoms with Crippen molar-refractivity contribution in [1.82, 2.24) is 15.1 Å². The highest BCUT2D eigenvalue weighted by atomic mass is 16.5. The molecule has 0 aliphatic carbocycles. The number of ether oxygens (including phenoxy) is 2. The summed E-state index contributed by atoms with van der Waals surface area (Å²) >= 11 is 0. The van der Waals surface area contributed by atoms with Gasteiger partial charge in [0, 0.05) is 24.3 Å². The van der Waals surface area contributed by atoms with Gasteiger partial charge in [-0.25, -0.2) is 0 Å². The molecule has 3 aromatic rings. The number of rotatable bonds is 12. The molecule has 2 aromatic carbocycles. The Morgan fingerprint density at radius 2 is 1.92 bits per heavy atom. The Balaban J connectivity index is 1.73. The molecule has 1 aliphatic rings. The van der Waals surface area contributed by atoms with Crippen LogP contribution in [0, 0.1) is 13.8 Å². The maximum atomic E-state index is 13.6. The van der Waals surface area contributed by atoms with Gasteiger partial charge in [-0.3, -0.25) is 9.89 Å². The van der Waals surface area contributed by atoms with Crippen LogP contribution in [0.5, 0.6) is 11.5 Å². The molecule has 1 atom stereocenters. The molecule has 0 saturated carbocycles. The normalized spacial score (nSPS) is 15.0. The molecule has 7 nitrogen and oxygen atoms in total. The lowest BCUT2D eigenvalue weighted by Gasteiger charge is -2.27. The molecule has 2 N–H and O–H groups in total. The van der Waals surface area contributed by atoms with Crippen LogP contribution in [-0.4, -0.2) is 52.0 Å². The Morgan fingerprint density at radius 3 is 2.68 bits per heavy atom. The number of hydrogen-bond acceptors (Lipinski definition) is 5. The number of aryl methyl sites for hydroxylation is 2. The van der Waals surface area contributed by atoms with E-state index < -0.39 is 0 Å². The summed E-state index contributed by atoms with van der Waals surface area (Å²) in [6.07, 6.45) is 4.13. The molecule has 1 aliphatic heterocycles. The van der Waals surface area contributed by atoms with Crippen LogP contribution in [0.1, 0.15) is 85.2 Å². The van der Waals surface area contributed by atoms with Gasteiger partial charge in [0.2, 0.25) is 0 Å². The fraction of sp³-hybridized carbons (Fsp3) is 0.467. The molecule has 0 saturated heterocycles. The van der Waals surface area contributed by atoms with Gasteiger partial charge in [0.25, 0.3) is 5.91 Å². The third kappa shape index (κ3) is 5.82. The summed E-state index contributed by atoms with van der Waals surface area (Å²) in [7, 11) is 0. The number of H-pyrrole nitrogens is 1. The van der Waals surface area contributed by atoms with Crippen LogP contribution in [0.4, 0.5) is 0 Å². The maximum absolute atomic E-state index is 13.6. The number of aromatic hydroxyl groups is 1. The number of aromatic amines is 1. The van der Waals surface area contributed by atoms with Crippen molar-refractivity contribution < 1.29 is 19.4 Å². The van der Waals surface area contributed by atoms with E-state index in [1.807, 2.05) is 69.0 Å². The van der Waals surface area contributed by atoms with Crippen LogP contribution in [0.2, 0.25) is 0 Å². The summed E-state index contributed by atoms with van der Waals surface area (Å²) in [6.45, 7) is 11.8. The first-order valence-corrected chi connectivity index (χ1v) is 13.4. The average molecular weight is 506 g/mol. The summed E-state index contributed by atoms with van der Waals surface area (Å²) in [5.74, 6) is 0.876. The maximum Gasteiger partial charge on any atom is 0.273 e. The topological polar surface area (TPSA) is 87.7 Å². The Kier molecular flexibility index (Phi) is 8.54. The molecule has 1 aromatic heterocycles. The molecule has 7 heteroatoms. The predicted molar refractivity (Wildman–Crippen MR) is 145 cm³/mol. The van der Waals surface area contributed by atoms with Crippen molar-refractivity contribution in [3.63, 3.8) is 0 Å². The van der Waals surface area contributed by atoms with Gasteiger partial charge < -0.3 is 19.5 Å². The molecule has 2 heterocycles. The first-order valence-electron chi connectivity index (χ1n) is 13.4. The number of benzene rings is 2. The van der Waals surface area contributed by atoms with Gasteiger partial charge >= 0.3 is 0 Å². The predicted octanol–water partition coefficient (Wildman–Crippen LogP) is 6.33. The molecular formula is C30H39N3O4. The van der Waals surface area contributed by atoms with Gasteiger partial charge in [-0.05, 0) is 75.4 Å². The molecule has 0 spiro atoms. The van der Waals surface area contributed by atoms with E-state index in [0.29, 0.717) is 36.7 Å². The van der Waals surface area contributed by atoms with E-state index >= 15 is 0 Å². The number of unbranched alkanes of at least 4 members (excludes halogenated alkanes) is 2. The summed E-state index contributed by atoms with van der Waals surface area (Å²) in [4.78, 5) is 15.5. The SMILES string of the molecule is CCCCCOc1cccc(C2c3c(-c4cc(C)cc(C)c4O)n[nH]c3C(=O)N2CCCOC(C)C)c1. The van der Waals surface area contributed by atoms with Crippen LogP contribution in [0.25, 0.3) is 11.3 Å². The number of amides is 1.